The lowest BCUT2D eigenvalue weighted by Crippen LogP contribution is -2.45. The van der Waals surface area contributed by atoms with Crippen LogP contribution in [0.1, 0.15) is 29.6 Å². The molecule has 0 radical (unpaired) electrons. The highest BCUT2D eigenvalue weighted by Gasteiger charge is 2.22. The first-order chi connectivity index (χ1) is 10.7. The summed E-state index contributed by atoms with van der Waals surface area (Å²) in [6, 6.07) is 8.64. The summed E-state index contributed by atoms with van der Waals surface area (Å²) in [4.78, 5) is 24.1. The van der Waals surface area contributed by atoms with Crippen LogP contribution < -0.4 is 10.6 Å². The molecule has 2 aromatic rings. The average Bonchev–Trinajstić information content (AvgIpc) is 3.00. The van der Waals surface area contributed by atoms with Crippen molar-refractivity contribution in [3.05, 3.63) is 42.1 Å². The van der Waals surface area contributed by atoms with E-state index in [4.69, 9.17) is 0 Å². The van der Waals surface area contributed by atoms with Crippen LogP contribution in [0.15, 0.2) is 36.5 Å². The van der Waals surface area contributed by atoms with Crippen molar-refractivity contribution in [3.63, 3.8) is 0 Å². The normalized spacial score (nSPS) is 18.4. The third kappa shape index (κ3) is 3.16. The first-order valence-corrected chi connectivity index (χ1v) is 7.42. The molecule has 1 aliphatic rings. The Morgan fingerprint density at radius 3 is 2.73 bits per heavy atom. The van der Waals surface area contributed by atoms with E-state index in [1.807, 2.05) is 18.2 Å². The summed E-state index contributed by atoms with van der Waals surface area (Å²) in [7, 11) is 0. The summed E-state index contributed by atoms with van der Waals surface area (Å²) in [5.41, 5.74) is 2.40. The minimum atomic E-state index is -0.442. The Morgan fingerprint density at radius 2 is 2.00 bits per heavy atom. The van der Waals surface area contributed by atoms with Crippen molar-refractivity contribution in [3.8, 4) is 11.3 Å². The predicted octanol–water partition coefficient (Wildman–Crippen LogP) is 1.48. The molecule has 3 N–H and O–H groups in total. The van der Waals surface area contributed by atoms with E-state index in [1.165, 1.54) is 0 Å². The van der Waals surface area contributed by atoms with E-state index < -0.39 is 6.04 Å². The third-order valence-electron chi connectivity index (χ3n) is 3.80. The molecule has 1 atom stereocenters. The first-order valence-electron chi connectivity index (χ1n) is 7.42. The van der Waals surface area contributed by atoms with Gasteiger partial charge in [-0.3, -0.25) is 14.7 Å². The minimum Gasteiger partial charge on any atom is -0.354 e. The van der Waals surface area contributed by atoms with Crippen LogP contribution >= 0.6 is 0 Å². The number of hydrogen-bond acceptors (Lipinski definition) is 3. The molecule has 2 heterocycles. The van der Waals surface area contributed by atoms with Crippen LogP contribution in [-0.4, -0.2) is 34.6 Å². The molecule has 3 rings (SSSR count). The number of nitrogens with zero attached hydrogens (tertiary/aromatic N) is 1. The zero-order valence-corrected chi connectivity index (χ0v) is 12.1. The van der Waals surface area contributed by atoms with Crippen LogP contribution in [0.25, 0.3) is 11.3 Å². The highest BCUT2D eigenvalue weighted by molar-refractivity contribution is 5.97. The molecule has 22 heavy (non-hydrogen) atoms. The predicted molar refractivity (Wildman–Crippen MR) is 82.1 cm³/mol. The summed E-state index contributed by atoms with van der Waals surface area (Å²) in [6.07, 6.45) is 4.25. The van der Waals surface area contributed by atoms with Crippen LogP contribution in [0.4, 0.5) is 0 Å². The molecular formula is C16H18N4O2. The number of benzene rings is 1. The molecule has 1 aromatic heterocycles. The Hall–Kier alpha value is -2.63. The highest BCUT2D eigenvalue weighted by Crippen LogP contribution is 2.17. The second-order valence-corrected chi connectivity index (χ2v) is 5.36. The van der Waals surface area contributed by atoms with Crippen molar-refractivity contribution < 1.29 is 9.59 Å². The standard InChI is InChI=1S/C16H18N4O2/c21-15(19-14-3-1-2-9-17-16(14)22)12-6-4-11(5-7-12)13-8-10-18-20-13/h4-8,10,14H,1-3,9H2,(H,17,22)(H,18,20)(H,19,21)/t14-/m1/s1. The summed E-state index contributed by atoms with van der Waals surface area (Å²) in [5, 5.41) is 12.4. The van der Waals surface area contributed by atoms with Gasteiger partial charge in [0.25, 0.3) is 5.91 Å². The largest absolute Gasteiger partial charge is 0.354 e. The van der Waals surface area contributed by atoms with Crippen molar-refractivity contribution in [2.45, 2.75) is 25.3 Å². The summed E-state index contributed by atoms with van der Waals surface area (Å²) < 4.78 is 0. The average molecular weight is 298 g/mol. The van der Waals surface area contributed by atoms with Crippen molar-refractivity contribution in [1.29, 1.82) is 0 Å². The van der Waals surface area contributed by atoms with Crippen LogP contribution in [0, 0.1) is 0 Å². The zero-order valence-electron chi connectivity index (χ0n) is 12.1. The molecule has 1 aromatic carbocycles. The molecule has 0 aliphatic carbocycles. The molecule has 2 amide bonds. The minimum absolute atomic E-state index is 0.0973. The van der Waals surface area contributed by atoms with Gasteiger partial charge in [0.1, 0.15) is 6.04 Å². The number of H-pyrrole nitrogens is 1. The maximum atomic E-state index is 12.3. The molecule has 6 heteroatoms. The topological polar surface area (TPSA) is 86.9 Å². The van der Waals surface area contributed by atoms with Gasteiger partial charge in [0, 0.05) is 18.3 Å². The monoisotopic (exact) mass is 298 g/mol. The van der Waals surface area contributed by atoms with Gasteiger partial charge in [0.15, 0.2) is 0 Å². The Balaban J connectivity index is 1.68. The number of carbonyl (C=O) groups is 2. The van der Waals surface area contributed by atoms with E-state index >= 15 is 0 Å². The number of hydrogen-bond donors (Lipinski definition) is 3. The summed E-state index contributed by atoms with van der Waals surface area (Å²) in [5.74, 6) is -0.321. The Kier molecular flexibility index (Phi) is 4.18. The van der Waals surface area contributed by atoms with Gasteiger partial charge in [-0.05, 0) is 43.0 Å². The summed E-state index contributed by atoms with van der Waals surface area (Å²) in [6.45, 7) is 0.685. The first kappa shape index (κ1) is 14.3. The molecule has 1 aliphatic heterocycles. The van der Waals surface area contributed by atoms with Crippen molar-refractivity contribution in [2.75, 3.05) is 6.54 Å². The van der Waals surface area contributed by atoms with Crippen molar-refractivity contribution in [2.24, 2.45) is 0 Å². The lowest BCUT2D eigenvalue weighted by molar-refractivity contribution is -0.122. The van der Waals surface area contributed by atoms with E-state index in [9.17, 15) is 9.59 Å². The third-order valence-corrected chi connectivity index (χ3v) is 3.80. The Morgan fingerprint density at radius 1 is 1.18 bits per heavy atom. The van der Waals surface area contributed by atoms with Gasteiger partial charge in [-0.2, -0.15) is 5.10 Å². The van der Waals surface area contributed by atoms with E-state index in [2.05, 4.69) is 20.8 Å². The van der Waals surface area contributed by atoms with Gasteiger partial charge in [-0.1, -0.05) is 12.1 Å². The number of aromatic nitrogens is 2. The molecule has 0 bridgehead atoms. The number of rotatable bonds is 3. The van der Waals surface area contributed by atoms with Gasteiger partial charge in [0.2, 0.25) is 5.91 Å². The number of amides is 2. The lowest BCUT2D eigenvalue weighted by Gasteiger charge is -2.15. The quantitative estimate of drug-likeness (QED) is 0.802. The van der Waals surface area contributed by atoms with Crippen LogP contribution in [0.3, 0.4) is 0 Å². The van der Waals surface area contributed by atoms with E-state index in [-0.39, 0.29) is 11.8 Å². The molecule has 1 fully saturated rings. The molecule has 0 unspecified atom stereocenters. The Bertz CT molecular complexity index is 649. The van der Waals surface area contributed by atoms with E-state index in [0.29, 0.717) is 18.5 Å². The van der Waals surface area contributed by atoms with Gasteiger partial charge < -0.3 is 10.6 Å². The number of carbonyl (C=O) groups excluding carboxylic acids is 2. The number of nitrogens with one attached hydrogen (secondary N) is 3. The summed E-state index contributed by atoms with van der Waals surface area (Å²) >= 11 is 0. The smallest absolute Gasteiger partial charge is 0.251 e. The second kappa shape index (κ2) is 6.43. The molecular weight excluding hydrogens is 280 g/mol. The molecule has 114 valence electrons. The lowest BCUT2D eigenvalue weighted by atomic mass is 10.1. The van der Waals surface area contributed by atoms with Crippen LogP contribution in [-0.2, 0) is 4.79 Å². The maximum Gasteiger partial charge on any atom is 0.251 e. The fourth-order valence-electron chi connectivity index (χ4n) is 2.54. The van der Waals surface area contributed by atoms with Crippen LogP contribution in [0.2, 0.25) is 0 Å². The van der Waals surface area contributed by atoms with E-state index in [1.54, 1.807) is 18.3 Å². The van der Waals surface area contributed by atoms with Gasteiger partial charge in [-0.25, -0.2) is 0 Å². The van der Waals surface area contributed by atoms with Gasteiger partial charge in [-0.15, -0.1) is 0 Å². The fraction of sp³-hybridized carbons (Fsp3) is 0.312. The second-order valence-electron chi connectivity index (χ2n) is 5.36. The van der Waals surface area contributed by atoms with Crippen molar-refractivity contribution in [1.82, 2.24) is 20.8 Å². The molecule has 0 spiro atoms. The maximum absolute atomic E-state index is 12.3. The zero-order chi connectivity index (χ0) is 15.4. The fourth-order valence-corrected chi connectivity index (χ4v) is 2.54. The van der Waals surface area contributed by atoms with Gasteiger partial charge >= 0.3 is 0 Å². The molecule has 0 saturated carbocycles. The Labute approximate surface area is 128 Å². The number of aromatic amines is 1. The van der Waals surface area contributed by atoms with Gasteiger partial charge in [0.05, 0.1) is 5.69 Å². The molecule has 1 saturated heterocycles. The van der Waals surface area contributed by atoms with Crippen LogP contribution in [0.5, 0.6) is 0 Å². The molecule has 6 nitrogen and oxygen atoms in total. The van der Waals surface area contributed by atoms with Crippen molar-refractivity contribution >= 4 is 11.8 Å². The van der Waals surface area contributed by atoms with E-state index in [0.717, 1.165) is 24.1 Å². The SMILES string of the molecule is O=C(N[C@@H]1CCCCNC1=O)c1ccc(-c2ccn[nH]2)cc1. The highest BCUT2D eigenvalue weighted by atomic mass is 16.2.